The van der Waals surface area contributed by atoms with Crippen molar-refractivity contribution in [2.45, 2.75) is 62.8 Å². The molecule has 5 rings (SSSR count). The Labute approximate surface area is 227 Å². The van der Waals surface area contributed by atoms with Gasteiger partial charge in [0, 0.05) is 11.4 Å². The molecule has 38 heavy (non-hydrogen) atoms. The zero-order valence-electron chi connectivity index (χ0n) is 21.4. The van der Waals surface area contributed by atoms with E-state index in [4.69, 9.17) is 25.8 Å². The van der Waals surface area contributed by atoms with Crippen LogP contribution in [-0.4, -0.2) is 63.7 Å². The molecule has 0 amide bonds. The van der Waals surface area contributed by atoms with Gasteiger partial charge in [0.1, 0.15) is 54.2 Å². The van der Waals surface area contributed by atoms with Crippen LogP contribution in [0.2, 0.25) is 5.02 Å². The van der Waals surface area contributed by atoms with Crippen molar-refractivity contribution in [3.63, 3.8) is 0 Å². The molecule has 2 heterocycles. The van der Waals surface area contributed by atoms with Gasteiger partial charge in [-0.15, -0.1) is 0 Å². The number of aliphatic hydroxyl groups excluding tert-OH is 4. The summed E-state index contributed by atoms with van der Waals surface area (Å²) in [6.07, 6.45) is -4.74. The number of benzene rings is 3. The number of ether oxygens (including phenoxy) is 3. The van der Waals surface area contributed by atoms with Gasteiger partial charge in [-0.25, -0.2) is 0 Å². The number of aliphatic hydroxyl groups is 4. The maximum atomic E-state index is 10.5. The summed E-state index contributed by atoms with van der Waals surface area (Å²) >= 11 is 6.48. The summed E-state index contributed by atoms with van der Waals surface area (Å²) in [7, 11) is 0. The number of fused-ring (bicyclic) bond motifs is 1. The van der Waals surface area contributed by atoms with Crippen molar-refractivity contribution in [1.82, 2.24) is 0 Å². The molecule has 6 atom stereocenters. The van der Waals surface area contributed by atoms with Crippen LogP contribution in [0.25, 0.3) is 0 Å². The lowest BCUT2D eigenvalue weighted by Crippen LogP contribution is -2.55. The van der Waals surface area contributed by atoms with Crippen molar-refractivity contribution < 1.29 is 34.6 Å². The molecule has 0 radical (unpaired) electrons. The van der Waals surface area contributed by atoms with E-state index >= 15 is 0 Å². The van der Waals surface area contributed by atoms with E-state index in [2.05, 4.69) is 32.0 Å². The minimum atomic E-state index is -1.44. The van der Waals surface area contributed by atoms with E-state index < -0.39 is 42.7 Å². The zero-order chi connectivity index (χ0) is 27.0. The summed E-state index contributed by atoms with van der Waals surface area (Å²) < 4.78 is 18.0. The third-order valence-corrected chi connectivity index (χ3v) is 7.66. The lowest BCUT2D eigenvalue weighted by Gasteiger charge is -2.40. The van der Waals surface area contributed by atoms with Gasteiger partial charge in [-0.05, 0) is 72.4 Å². The SMILES string of the molecule is Cc1ccc2c(c1)O[C@](C)(COc1ccc(Cc3cc([C@@H]4O[C@H](CO)[C@@H](O)[C@H](O)[C@H]4O)ccc3Cl)cc1)C2. The molecule has 0 aromatic heterocycles. The predicted octanol–water partition coefficient (Wildman–Crippen LogP) is 3.53. The van der Waals surface area contributed by atoms with Crippen LogP contribution in [0, 0.1) is 6.92 Å². The van der Waals surface area contributed by atoms with E-state index in [-0.39, 0.29) is 0 Å². The Hall–Kier alpha value is -2.65. The van der Waals surface area contributed by atoms with Crippen molar-refractivity contribution >= 4 is 11.6 Å². The van der Waals surface area contributed by atoms with Crippen molar-refractivity contribution in [3.8, 4) is 11.5 Å². The molecule has 4 N–H and O–H groups in total. The maximum Gasteiger partial charge on any atom is 0.144 e. The van der Waals surface area contributed by atoms with E-state index in [0.717, 1.165) is 29.0 Å². The summed E-state index contributed by atoms with van der Waals surface area (Å²) in [5, 5.41) is 40.8. The number of hydrogen-bond acceptors (Lipinski definition) is 7. The molecular weight excluding hydrogens is 508 g/mol. The average Bonchev–Trinajstić information content (AvgIpc) is 3.24. The molecule has 202 valence electrons. The largest absolute Gasteiger partial charge is 0.489 e. The van der Waals surface area contributed by atoms with Crippen LogP contribution >= 0.6 is 11.6 Å². The standard InChI is InChI=1S/C30H33ClO7/c1-17-3-6-20-14-30(2,38-24(20)11-17)16-36-22-8-4-18(5-9-22)12-21-13-19(7-10-23(21)31)29-28(35)27(34)26(33)25(15-32)37-29/h3-11,13,25-29,32-35H,12,14-16H2,1-2H3/t25-,26-,27+,28-,29+,30+/m1/s1. The van der Waals surface area contributed by atoms with Gasteiger partial charge < -0.3 is 34.6 Å². The average molecular weight is 541 g/mol. The minimum Gasteiger partial charge on any atom is -0.489 e. The second-order valence-electron chi connectivity index (χ2n) is 10.5. The van der Waals surface area contributed by atoms with E-state index in [0.29, 0.717) is 23.6 Å². The van der Waals surface area contributed by atoms with Crippen LogP contribution in [0.1, 0.15) is 40.8 Å². The van der Waals surface area contributed by atoms with Gasteiger partial charge in [0.15, 0.2) is 0 Å². The quantitative estimate of drug-likeness (QED) is 0.363. The second kappa shape index (κ2) is 10.8. The third kappa shape index (κ3) is 5.54. The highest BCUT2D eigenvalue weighted by Gasteiger charge is 2.44. The molecule has 2 aliphatic heterocycles. The highest BCUT2D eigenvalue weighted by molar-refractivity contribution is 6.31. The van der Waals surface area contributed by atoms with Crippen molar-refractivity contribution in [2.24, 2.45) is 0 Å². The van der Waals surface area contributed by atoms with E-state index in [9.17, 15) is 20.4 Å². The fourth-order valence-electron chi connectivity index (χ4n) is 5.13. The van der Waals surface area contributed by atoms with Crippen molar-refractivity contribution in [1.29, 1.82) is 0 Å². The zero-order valence-corrected chi connectivity index (χ0v) is 22.1. The topological polar surface area (TPSA) is 109 Å². The summed E-state index contributed by atoms with van der Waals surface area (Å²) in [5.41, 5.74) is 4.37. The van der Waals surface area contributed by atoms with Crippen molar-refractivity contribution in [2.75, 3.05) is 13.2 Å². The first kappa shape index (κ1) is 26.9. The van der Waals surface area contributed by atoms with Crippen LogP contribution < -0.4 is 9.47 Å². The van der Waals surface area contributed by atoms with Gasteiger partial charge >= 0.3 is 0 Å². The second-order valence-corrected chi connectivity index (χ2v) is 11.0. The summed E-state index contributed by atoms with van der Waals surface area (Å²) in [4.78, 5) is 0. The Kier molecular flexibility index (Phi) is 7.69. The number of halogens is 1. The van der Waals surface area contributed by atoms with Crippen LogP contribution in [0.5, 0.6) is 11.5 Å². The Bertz CT molecular complexity index is 1280. The Morgan fingerprint density at radius 1 is 0.974 bits per heavy atom. The molecule has 1 saturated heterocycles. The van der Waals surface area contributed by atoms with Crippen LogP contribution in [-0.2, 0) is 17.6 Å². The van der Waals surface area contributed by atoms with Gasteiger partial charge in [0.05, 0.1) is 6.61 Å². The normalized spacial score (nSPS) is 28.6. The van der Waals surface area contributed by atoms with E-state index in [1.165, 1.54) is 11.1 Å². The first-order chi connectivity index (χ1) is 18.2. The van der Waals surface area contributed by atoms with E-state index in [1.54, 1.807) is 12.1 Å². The third-order valence-electron chi connectivity index (χ3n) is 7.30. The molecule has 0 bridgehead atoms. The fraction of sp³-hybridized carbons (Fsp3) is 0.400. The molecule has 2 aliphatic rings. The van der Waals surface area contributed by atoms with Crippen LogP contribution in [0.4, 0.5) is 0 Å². The highest BCUT2D eigenvalue weighted by atomic mass is 35.5. The molecule has 3 aromatic carbocycles. The molecule has 7 nitrogen and oxygen atoms in total. The summed E-state index contributed by atoms with van der Waals surface area (Å²) in [5.74, 6) is 1.67. The van der Waals surface area contributed by atoms with Crippen LogP contribution in [0.3, 0.4) is 0 Å². The lowest BCUT2D eigenvalue weighted by molar-refractivity contribution is -0.231. The van der Waals surface area contributed by atoms with E-state index in [1.807, 2.05) is 30.3 Å². The highest BCUT2D eigenvalue weighted by Crippen LogP contribution is 2.37. The smallest absolute Gasteiger partial charge is 0.144 e. The Balaban J connectivity index is 1.23. The first-order valence-electron chi connectivity index (χ1n) is 12.7. The van der Waals surface area contributed by atoms with Gasteiger partial charge in [0.25, 0.3) is 0 Å². The minimum absolute atomic E-state index is 0.423. The van der Waals surface area contributed by atoms with Gasteiger partial charge in [-0.1, -0.05) is 48.0 Å². The Morgan fingerprint density at radius 3 is 2.47 bits per heavy atom. The molecule has 3 aromatic rings. The van der Waals surface area contributed by atoms with Gasteiger partial charge in [0.2, 0.25) is 0 Å². The van der Waals surface area contributed by atoms with Gasteiger partial charge in [-0.3, -0.25) is 0 Å². The molecule has 8 heteroatoms. The van der Waals surface area contributed by atoms with Crippen LogP contribution in [0.15, 0.2) is 60.7 Å². The molecular formula is C30H33ClO7. The number of aryl methyl sites for hydroxylation is 1. The summed E-state index contributed by atoms with van der Waals surface area (Å²) in [6, 6.07) is 19.3. The molecule has 0 unspecified atom stereocenters. The maximum absolute atomic E-state index is 10.5. The predicted molar refractivity (Wildman–Crippen MR) is 143 cm³/mol. The summed E-state index contributed by atoms with van der Waals surface area (Å²) in [6.45, 7) is 4.05. The fourth-order valence-corrected chi connectivity index (χ4v) is 5.32. The molecule has 0 saturated carbocycles. The molecule has 1 fully saturated rings. The van der Waals surface area contributed by atoms with Crippen molar-refractivity contribution in [3.05, 3.63) is 93.5 Å². The molecule has 0 aliphatic carbocycles. The van der Waals surface area contributed by atoms with Gasteiger partial charge in [-0.2, -0.15) is 0 Å². The monoisotopic (exact) mass is 540 g/mol. The number of hydrogen-bond donors (Lipinski definition) is 4. The first-order valence-corrected chi connectivity index (χ1v) is 13.1. The molecule has 0 spiro atoms. The lowest BCUT2D eigenvalue weighted by atomic mass is 9.90. The number of rotatable bonds is 7. The Morgan fingerprint density at radius 2 is 1.74 bits per heavy atom.